The fraction of sp³-hybridized carbons (Fsp3) is 0.556. The van der Waals surface area contributed by atoms with E-state index in [1.54, 1.807) is 23.1 Å². The Kier molecular flexibility index (Phi) is 5.87. The zero-order chi connectivity index (χ0) is 18.0. The molecule has 7 heteroatoms. The summed E-state index contributed by atoms with van der Waals surface area (Å²) in [6.07, 6.45) is 3.38. The van der Waals surface area contributed by atoms with E-state index >= 15 is 0 Å². The number of hydrogen-bond acceptors (Lipinski definition) is 3. The smallest absolute Gasteiger partial charge is 0.256 e. The molecule has 0 radical (unpaired) electrons. The Labute approximate surface area is 158 Å². The molecule has 0 spiro atoms. The lowest BCUT2D eigenvalue weighted by Gasteiger charge is -2.35. The third-order valence-electron chi connectivity index (χ3n) is 5.22. The molecule has 25 heavy (non-hydrogen) atoms. The van der Waals surface area contributed by atoms with Crippen LogP contribution in [0, 0.1) is 5.92 Å². The van der Waals surface area contributed by atoms with Gasteiger partial charge in [0.05, 0.1) is 10.6 Å². The summed E-state index contributed by atoms with van der Waals surface area (Å²) < 4.78 is 0. The summed E-state index contributed by atoms with van der Waals surface area (Å²) in [4.78, 5) is 29.4. The second-order valence-corrected chi connectivity index (χ2v) is 7.63. The summed E-state index contributed by atoms with van der Waals surface area (Å²) in [7, 11) is 0. The zero-order valence-electron chi connectivity index (χ0n) is 14.1. The van der Waals surface area contributed by atoms with Gasteiger partial charge in [-0.25, -0.2) is 0 Å². The van der Waals surface area contributed by atoms with Gasteiger partial charge in [-0.15, -0.1) is 0 Å². The molecule has 5 nitrogen and oxygen atoms in total. The highest BCUT2D eigenvalue weighted by Gasteiger charge is 2.38. The van der Waals surface area contributed by atoms with Crippen LogP contribution in [-0.4, -0.2) is 53.8 Å². The molecule has 2 heterocycles. The van der Waals surface area contributed by atoms with Crippen LogP contribution in [-0.2, 0) is 4.79 Å². The molecule has 2 aliphatic heterocycles. The predicted octanol–water partition coefficient (Wildman–Crippen LogP) is 2.80. The van der Waals surface area contributed by atoms with E-state index in [4.69, 9.17) is 28.9 Å². The molecule has 0 saturated carbocycles. The first-order valence-electron chi connectivity index (χ1n) is 8.76. The molecule has 2 N–H and O–H groups in total. The van der Waals surface area contributed by atoms with Gasteiger partial charge in [0, 0.05) is 24.7 Å². The van der Waals surface area contributed by atoms with Crippen LogP contribution < -0.4 is 5.73 Å². The van der Waals surface area contributed by atoms with Crippen LogP contribution >= 0.6 is 23.2 Å². The standard InChI is InChI=1S/C18H23Cl2N3O2/c19-13-3-4-15(20)14(10-13)17(24)23-7-1-2-16(23)18(25)22-8-5-12(11-21)6-9-22/h3-4,10,12,16H,1-2,5-9,11,21H2. The van der Waals surface area contributed by atoms with Gasteiger partial charge < -0.3 is 15.5 Å². The molecule has 1 aromatic carbocycles. The summed E-state index contributed by atoms with van der Waals surface area (Å²) in [5, 5.41) is 0.815. The van der Waals surface area contributed by atoms with E-state index in [9.17, 15) is 9.59 Å². The number of benzene rings is 1. The van der Waals surface area contributed by atoms with Crippen molar-refractivity contribution in [2.75, 3.05) is 26.2 Å². The zero-order valence-corrected chi connectivity index (χ0v) is 15.6. The molecule has 0 aliphatic carbocycles. The molecule has 1 unspecified atom stereocenters. The maximum absolute atomic E-state index is 12.9. The SMILES string of the molecule is NCC1CCN(C(=O)C2CCCN2C(=O)c2cc(Cl)ccc2Cl)CC1. The lowest BCUT2D eigenvalue weighted by molar-refractivity contribution is -0.136. The highest BCUT2D eigenvalue weighted by Crippen LogP contribution is 2.28. The molecule has 0 bridgehead atoms. The van der Waals surface area contributed by atoms with Crippen molar-refractivity contribution in [1.29, 1.82) is 0 Å². The van der Waals surface area contributed by atoms with Crippen LogP contribution in [0.3, 0.4) is 0 Å². The molecule has 1 atom stereocenters. The molecule has 2 amide bonds. The van der Waals surface area contributed by atoms with Crippen LogP contribution in [0.5, 0.6) is 0 Å². The molecule has 2 aliphatic rings. The normalized spacial score (nSPS) is 21.6. The summed E-state index contributed by atoms with van der Waals surface area (Å²) >= 11 is 12.2. The number of rotatable bonds is 3. The number of piperidine rings is 1. The number of nitrogens with two attached hydrogens (primary N) is 1. The van der Waals surface area contributed by atoms with Gasteiger partial charge in [0.25, 0.3) is 5.91 Å². The molecule has 0 aromatic heterocycles. The maximum atomic E-state index is 12.9. The molecule has 1 aromatic rings. The van der Waals surface area contributed by atoms with E-state index < -0.39 is 6.04 Å². The topological polar surface area (TPSA) is 66.6 Å². The quantitative estimate of drug-likeness (QED) is 0.872. The number of halogens is 2. The van der Waals surface area contributed by atoms with Crippen LogP contribution in [0.15, 0.2) is 18.2 Å². The first kappa shape index (κ1) is 18.5. The van der Waals surface area contributed by atoms with Crippen LogP contribution in [0.2, 0.25) is 10.0 Å². The van der Waals surface area contributed by atoms with E-state index in [2.05, 4.69) is 0 Å². The highest BCUT2D eigenvalue weighted by atomic mass is 35.5. The van der Waals surface area contributed by atoms with Crippen molar-refractivity contribution < 1.29 is 9.59 Å². The van der Waals surface area contributed by atoms with E-state index in [-0.39, 0.29) is 11.8 Å². The monoisotopic (exact) mass is 383 g/mol. The van der Waals surface area contributed by atoms with Gasteiger partial charge in [0.1, 0.15) is 6.04 Å². The highest BCUT2D eigenvalue weighted by molar-refractivity contribution is 6.35. The summed E-state index contributed by atoms with van der Waals surface area (Å²) in [6.45, 7) is 2.68. The van der Waals surface area contributed by atoms with Crippen molar-refractivity contribution in [1.82, 2.24) is 9.80 Å². The molecule has 2 saturated heterocycles. The lowest BCUT2D eigenvalue weighted by Crippen LogP contribution is -2.50. The Morgan fingerprint density at radius 3 is 2.52 bits per heavy atom. The van der Waals surface area contributed by atoms with Gasteiger partial charge in [-0.3, -0.25) is 9.59 Å². The summed E-state index contributed by atoms with van der Waals surface area (Å²) in [5.74, 6) is 0.315. The molecular weight excluding hydrogens is 361 g/mol. The van der Waals surface area contributed by atoms with E-state index in [0.29, 0.717) is 41.0 Å². The molecule has 3 rings (SSSR count). The van der Waals surface area contributed by atoms with Crippen molar-refractivity contribution in [2.45, 2.75) is 31.7 Å². The van der Waals surface area contributed by atoms with Gasteiger partial charge in [-0.05, 0) is 56.3 Å². The third kappa shape index (κ3) is 3.94. The molecular formula is C18H23Cl2N3O2. The molecule has 136 valence electrons. The Hall–Kier alpha value is -1.30. The Morgan fingerprint density at radius 1 is 1.12 bits per heavy atom. The van der Waals surface area contributed by atoms with Crippen molar-refractivity contribution in [3.8, 4) is 0 Å². The van der Waals surface area contributed by atoms with E-state index in [0.717, 1.165) is 32.4 Å². The first-order chi connectivity index (χ1) is 12.0. The fourth-order valence-corrected chi connectivity index (χ4v) is 4.05. The number of hydrogen-bond donors (Lipinski definition) is 1. The van der Waals surface area contributed by atoms with Gasteiger partial charge in [0.2, 0.25) is 5.91 Å². The van der Waals surface area contributed by atoms with Gasteiger partial charge in [0.15, 0.2) is 0 Å². The second-order valence-electron chi connectivity index (χ2n) is 6.79. The average Bonchev–Trinajstić information content (AvgIpc) is 3.12. The average molecular weight is 384 g/mol. The summed E-state index contributed by atoms with van der Waals surface area (Å²) in [5.41, 5.74) is 6.08. The van der Waals surface area contributed by atoms with E-state index in [1.807, 2.05) is 4.90 Å². The van der Waals surface area contributed by atoms with Crippen LogP contribution in [0.25, 0.3) is 0 Å². The van der Waals surface area contributed by atoms with Crippen molar-refractivity contribution >= 4 is 35.0 Å². The van der Waals surface area contributed by atoms with Crippen molar-refractivity contribution in [2.24, 2.45) is 11.7 Å². The summed E-state index contributed by atoms with van der Waals surface area (Å²) in [6, 6.07) is 4.42. The number of carbonyl (C=O) groups excluding carboxylic acids is 2. The number of amides is 2. The van der Waals surface area contributed by atoms with Gasteiger partial charge in [-0.1, -0.05) is 23.2 Å². The number of nitrogens with zero attached hydrogens (tertiary/aromatic N) is 2. The Morgan fingerprint density at radius 2 is 1.84 bits per heavy atom. The minimum atomic E-state index is -0.406. The van der Waals surface area contributed by atoms with Crippen LogP contribution in [0.4, 0.5) is 0 Å². The first-order valence-corrected chi connectivity index (χ1v) is 9.51. The van der Waals surface area contributed by atoms with Gasteiger partial charge in [-0.2, -0.15) is 0 Å². The maximum Gasteiger partial charge on any atom is 0.256 e. The minimum Gasteiger partial charge on any atom is -0.341 e. The van der Waals surface area contributed by atoms with Crippen molar-refractivity contribution in [3.63, 3.8) is 0 Å². The lowest BCUT2D eigenvalue weighted by atomic mass is 9.96. The Bertz CT molecular complexity index is 660. The fourth-order valence-electron chi connectivity index (χ4n) is 3.68. The third-order valence-corrected chi connectivity index (χ3v) is 5.78. The second kappa shape index (κ2) is 7.94. The predicted molar refractivity (Wildman–Crippen MR) is 98.9 cm³/mol. The van der Waals surface area contributed by atoms with Gasteiger partial charge >= 0.3 is 0 Å². The van der Waals surface area contributed by atoms with E-state index in [1.165, 1.54) is 0 Å². The largest absolute Gasteiger partial charge is 0.341 e. The number of carbonyl (C=O) groups is 2. The van der Waals surface area contributed by atoms with Crippen molar-refractivity contribution in [3.05, 3.63) is 33.8 Å². The number of likely N-dealkylation sites (tertiary alicyclic amines) is 2. The molecule has 2 fully saturated rings. The van der Waals surface area contributed by atoms with Crippen LogP contribution in [0.1, 0.15) is 36.0 Å². The minimum absolute atomic E-state index is 0.0412. The Balaban J connectivity index is 1.73.